The molecule has 0 fully saturated rings. The van der Waals surface area contributed by atoms with E-state index in [2.05, 4.69) is 0 Å². The quantitative estimate of drug-likeness (QED) is 0.458. The molecule has 0 radical (unpaired) electrons. The van der Waals surface area contributed by atoms with E-state index >= 15 is 0 Å². The fourth-order valence-electron chi connectivity index (χ4n) is 1.78. The van der Waals surface area contributed by atoms with Crippen molar-refractivity contribution in [1.29, 1.82) is 0 Å². The molecule has 0 saturated carbocycles. The fraction of sp³-hybridized carbons (Fsp3) is 0.462. The third kappa shape index (κ3) is 3.92. The Hall–Kier alpha value is -1.62. The van der Waals surface area contributed by atoms with E-state index in [1.165, 1.54) is 6.07 Å². The molecule has 0 aliphatic carbocycles. The van der Waals surface area contributed by atoms with Gasteiger partial charge < -0.3 is 4.90 Å². The van der Waals surface area contributed by atoms with Gasteiger partial charge in [-0.3, -0.25) is 14.9 Å². The molecule has 1 aromatic rings. The highest BCUT2D eigenvalue weighted by atomic mass is 35.5. The number of carbonyl (C=O) groups excluding carboxylic acids is 1. The molecule has 0 N–H and O–H groups in total. The van der Waals surface area contributed by atoms with E-state index in [1.54, 1.807) is 24.0 Å². The first-order chi connectivity index (χ1) is 9.01. The van der Waals surface area contributed by atoms with Gasteiger partial charge in [0.15, 0.2) is 0 Å². The summed E-state index contributed by atoms with van der Waals surface area (Å²) < 4.78 is 0. The molecule has 0 aliphatic rings. The van der Waals surface area contributed by atoms with Crippen LogP contribution < -0.4 is 0 Å². The molecule has 5 nitrogen and oxygen atoms in total. The number of carbonyl (C=O) groups is 1. The molecule has 1 aromatic carbocycles. The number of aryl methyl sites for hydroxylation is 1. The Labute approximate surface area is 117 Å². The molecule has 0 spiro atoms. The van der Waals surface area contributed by atoms with Gasteiger partial charge in [0.2, 0.25) is 0 Å². The molecule has 0 bridgehead atoms. The smallest absolute Gasteiger partial charge is 0.273 e. The second-order valence-electron chi connectivity index (χ2n) is 4.19. The Bertz CT molecular complexity index is 477. The van der Waals surface area contributed by atoms with Gasteiger partial charge in [-0.1, -0.05) is 6.07 Å². The van der Waals surface area contributed by atoms with E-state index in [4.69, 9.17) is 11.6 Å². The number of benzene rings is 1. The summed E-state index contributed by atoms with van der Waals surface area (Å²) in [5.74, 6) is 0.286. The molecule has 6 heteroatoms. The summed E-state index contributed by atoms with van der Waals surface area (Å²) in [6, 6.07) is 4.55. The van der Waals surface area contributed by atoms with Crippen LogP contribution in [0, 0.1) is 17.0 Å². The molecule has 1 rings (SSSR count). The molecule has 0 atom stereocenters. The predicted octanol–water partition coefficient (Wildman–Crippen LogP) is 2.99. The number of halogens is 1. The Morgan fingerprint density at radius 3 is 2.68 bits per heavy atom. The summed E-state index contributed by atoms with van der Waals surface area (Å²) >= 11 is 5.61. The topological polar surface area (TPSA) is 63.5 Å². The van der Waals surface area contributed by atoms with Gasteiger partial charge >= 0.3 is 0 Å². The zero-order valence-corrected chi connectivity index (χ0v) is 11.8. The first kappa shape index (κ1) is 15.4. The molecular formula is C13H17ClN2O3. The van der Waals surface area contributed by atoms with Gasteiger partial charge in [-0.05, 0) is 26.3 Å². The highest BCUT2D eigenvalue weighted by Crippen LogP contribution is 2.20. The zero-order chi connectivity index (χ0) is 14.4. The molecule has 0 aliphatic heterocycles. The van der Waals surface area contributed by atoms with Crippen LogP contribution >= 0.6 is 11.6 Å². The second-order valence-corrected chi connectivity index (χ2v) is 4.56. The second kappa shape index (κ2) is 7.09. The number of alkyl halides is 1. The van der Waals surface area contributed by atoms with Gasteiger partial charge in [0.1, 0.15) is 0 Å². The number of amides is 1. The van der Waals surface area contributed by atoms with Crippen molar-refractivity contribution < 1.29 is 9.72 Å². The van der Waals surface area contributed by atoms with Crippen LogP contribution in [-0.4, -0.2) is 34.7 Å². The van der Waals surface area contributed by atoms with Crippen LogP contribution in [0.2, 0.25) is 0 Å². The maximum atomic E-state index is 12.2. The zero-order valence-electron chi connectivity index (χ0n) is 11.1. The molecule has 104 valence electrons. The Morgan fingerprint density at radius 2 is 2.16 bits per heavy atom. The maximum absolute atomic E-state index is 12.2. The van der Waals surface area contributed by atoms with Crippen molar-refractivity contribution in [1.82, 2.24) is 4.90 Å². The fourth-order valence-corrected chi connectivity index (χ4v) is 1.90. The van der Waals surface area contributed by atoms with E-state index < -0.39 is 4.92 Å². The minimum Gasteiger partial charge on any atom is -0.339 e. The Morgan fingerprint density at radius 1 is 1.47 bits per heavy atom. The molecular weight excluding hydrogens is 268 g/mol. The van der Waals surface area contributed by atoms with Gasteiger partial charge in [-0.15, -0.1) is 11.6 Å². The average molecular weight is 285 g/mol. The van der Waals surface area contributed by atoms with Crippen LogP contribution in [-0.2, 0) is 0 Å². The van der Waals surface area contributed by atoms with Gasteiger partial charge in [-0.25, -0.2) is 0 Å². The Balaban J connectivity index is 2.98. The third-order valence-corrected chi connectivity index (χ3v) is 3.15. The lowest BCUT2D eigenvalue weighted by molar-refractivity contribution is -0.385. The van der Waals surface area contributed by atoms with Crippen LogP contribution in [0.4, 0.5) is 5.69 Å². The summed E-state index contributed by atoms with van der Waals surface area (Å²) in [6.07, 6.45) is 0.703. The Kier molecular flexibility index (Phi) is 5.76. The molecule has 19 heavy (non-hydrogen) atoms. The number of nitrogens with zero attached hydrogens (tertiary/aromatic N) is 2. The van der Waals surface area contributed by atoms with Crippen LogP contribution in [0.5, 0.6) is 0 Å². The first-order valence-electron chi connectivity index (χ1n) is 6.11. The molecule has 0 aromatic heterocycles. The van der Waals surface area contributed by atoms with E-state index in [0.717, 1.165) is 0 Å². The van der Waals surface area contributed by atoms with E-state index in [-0.39, 0.29) is 11.6 Å². The monoisotopic (exact) mass is 284 g/mol. The maximum Gasteiger partial charge on any atom is 0.273 e. The van der Waals surface area contributed by atoms with Crippen LogP contribution in [0.3, 0.4) is 0 Å². The predicted molar refractivity (Wildman–Crippen MR) is 74.7 cm³/mol. The highest BCUT2D eigenvalue weighted by Gasteiger charge is 2.18. The van der Waals surface area contributed by atoms with Crippen molar-refractivity contribution in [3.63, 3.8) is 0 Å². The number of rotatable bonds is 6. The van der Waals surface area contributed by atoms with Crippen molar-refractivity contribution in [3.8, 4) is 0 Å². The van der Waals surface area contributed by atoms with Crippen LogP contribution in [0.1, 0.15) is 29.3 Å². The van der Waals surface area contributed by atoms with Crippen molar-refractivity contribution in [2.45, 2.75) is 20.3 Å². The SMILES string of the molecule is CCN(CCCCl)C(=O)c1ccc(C)c([N+](=O)[O-])c1. The van der Waals surface area contributed by atoms with E-state index in [0.29, 0.717) is 36.5 Å². The largest absolute Gasteiger partial charge is 0.339 e. The van der Waals surface area contributed by atoms with Gasteiger partial charge in [0.25, 0.3) is 11.6 Å². The first-order valence-corrected chi connectivity index (χ1v) is 6.65. The lowest BCUT2D eigenvalue weighted by atomic mass is 10.1. The molecule has 0 saturated heterocycles. The van der Waals surface area contributed by atoms with Crippen molar-refractivity contribution in [2.24, 2.45) is 0 Å². The van der Waals surface area contributed by atoms with Crippen molar-refractivity contribution in [2.75, 3.05) is 19.0 Å². The summed E-state index contributed by atoms with van der Waals surface area (Å²) in [7, 11) is 0. The third-order valence-electron chi connectivity index (χ3n) is 2.88. The lowest BCUT2D eigenvalue weighted by Gasteiger charge is -2.20. The number of hydrogen-bond donors (Lipinski definition) is 0. The van der Waals surface area contributed by atoms with E-state index in [9.17, 15) is 14.9 Å². The standard InChI is InChI=1S/C13H17ClN2O3/c1-3-15(8-4-7-14)13(17)11-6-5-10(2)12(9-11)16(18)19/h5-6,9H,3-4,7-8H2,1-2H3. The summed E-state index contributed by atoms with van der Waals surface area (Å²) in [6.45, 7) is 4.63. The number of hydrogen-bond acceptors (Lipinski definition) is 3. The summed E-state index contributed by atoms with van der Waals surface area (Å²) in [5, 5.41) is 10.9. The average Bonchev–Trinajstić information content (AvgIpc) is 2.39. The van der Waals surface area contributed by atoms with Crippen molar-refractivity contribution >= 4 is 23.2 Å². The molecule has 0 unspecified atom stereocenters. The summed E-state index contributed by atoms with van der Waals surface area (Å²) in [5.41, 5.74) is 0.860. The molecule has 1 amide bonds. The van der Waals surface area contributed by atoms with Gasteiger partial charge in [0.05, 0.1) is 4.92 Å². The normalized spacial score (nSPS) is 10.3. The number of nitro groups is 1. The highest BCUT2D eigenvalue weighted by molar-refractivity contribution is 6.17. The van der Waals surface area contributed by atoms with E-state index in [1.807, 2.05) is 6.92 Å². The minimum atomic E-state index is -0.471. The summed E-state index contributed by atoms with van der Waals surface area (Å²) in [4.78, 5) is 24.3. The van der Waals surface area contributed by atoms with Crippen molar-refractivity contribution in [3.05, 3.63) is 39.4 Å². The van der Waals surface area contributed by atoms with Gasteiger partial charge in [-0.2, -0.15) is 0 Å². The van der Waals surface area contributed by atoms with Crippen LogP contribution in [0.25, 0.3) is 0 Å². The van der Waals surface area contributed by atoms with Crippen LogP contribution in [0.15, 0.2) is 18.2 Å². The van der Waals surface area contributed by atoms with Gasteiger partial charge in [0, 0.05) is 36.2 Å². The number of nitro benzene ring substituents is 1. The minimum absolute atomic E-state index is 0.0285. The lowest BCUT2D eigenvalue weighted by Crippen LogP contribution is -2.32. The molecule has 0 heterocycles.